The summed E-state index contributed by atoms with van der Waals surface area (Å²) in [5.41, 5.74) is 0. The van der Waals surface area contributed by atoms with E-state index in [0.717, 1.165) is 18.8 Å². The van der Waals surface area contributed by atoms with Crippen LogP contribution in [0.25, 0.3) is 0 Å². The molecule has 3 nitrogen and oxygen atoms in total. The number of epoxide rings is 1. The fourth-order valence-corrected chi connectivity index (χ4v) is 3.49. The maximum absolute atomic E-state index is 10.9. The summed E-state index contributed by atoms with van der Waals surface area (Å²) in [4.78, 5) is 10.9. The Labute approximate surface area is 123 Å². The van der Waals surface area contributed by atoms with Gasteiger partial charge in [-0.25, -0.2) is 0 Å². The number of hydrogen-bond acceptors (Lipinski definition) is 3. The second kappa shape index (κ2) is 8.66. The Hall–Kier alpha value is -0.570. The van der Waals surface area contributed by atoms with Gasteiger partial charge in [-0.2, -0.15) is 0 Å². The molecule has 0 amide bonds. The normalized spacial score (nSPS) is 27.4. The summed E-state index contributed by atoms with van der Waals surface area (Å²) in [7, 11) is 1.46. The van der Waals surface area contributed by atoms with Crippen LogP contribution in [0, 0.1) is 5.92 Å². The van der Waals surface area contributed by atoms with E-state index in [9.17, 15) is 4.79 Å². The molecule has 0 aromatic rings. The average Bonchev–Trinajstić information content (AvgIpc) is 3.14. The van der Waals surface area contributed by atoms with Crippen LogP contribution in [0.2, 0.25) is 0 Å². The predicted octanol–water partition coefficient (Wildman–Crippen LogP) is 4.24. The molecule has 0 N–H and O–H groups in total. The Morgan fingerprint density at radius 1 is 1.00 bits per heavy atom. The van der Waals surface area contributed by atoms with Crippen LogP contribution in [-0.4, -0.2) is 25.3 Å². The monoisotopic (exact) mass is 282 g/mol. The molecule has 0 aromatic carbocycles. The summed E-state index contributed by atoms with van der Waals surface area (Å²) >= 11 is 0. The van der Waals surface area contributed by atoms with E-state index in [1.807, 2.05) is 0 Å². The van der Waals surface area contributed by atoms with Gasteiger partial charge in [-0.05, 0) is 31.6 Å². The molecule has 1 aliphatic carbocycles. The summed E-state index contributed by atoms with van der Waals surface area (Å²) in [6, 6.07) is 0. The zero-order valence-electron chi connectivity index (χ0n) is 12.9. The van der Waals surface area contributed by atoms with Crippen LogP contribution < -0.4 is 0 Å². The minimum atomic E-state index is -0.0706. The molecule has 20 heavy (non-hydrogen) atoms. The second-order valence-electron chi connectivity index (χ2n) is 6.42. The number of hydrogen-bond donors (Lipinski definition) is 0. The fourth-order valence-electron chi connectivity index (χ4n) is 3.49. The number of fused-ring (bicyclic) bond motifs is 1. The van der Waals surface area contributed by atoms with E-state index in [4.69, 9.17) is 4.74 Å². The first kappa shape index (κ1) is 15.8. The molecule has 0 bridgehead atoms. The number of rotatable bonds is 11. The second-order valence-corrected chi connectivity index (χ2v) is 6.42. The zero-order valence-corrected chi connectivity index (χ0v) is 12.9. The van der Waals surface area contributed by atoms with Crippen molar-refractivity contribution in [2.75, 3.05) is 7.11 Å². The van der Waals surface area contributed by atoms with Crippen molar-refractivity contribution in [1.82, 2.24) is 0 Å². The Kier molecular flexibility index (Phi) is 6.85. The van der Waals surface area contributed by atoms with E-state index in [0.29, 0.717) is 18.6 Å². The highest BCUT2D eigenvalue weighted by atomic mass is 16.6. The van der Waals surface area contributed by atoms with Gasteiger partial charge in [0.15, 0.2) is 0 Å². The maximum Gasteiger partial charge on any atom is 0.305 e. The minimum absolute atomic E-state index is 0.0706. The van der Waals surface area contributed by atoms with Crippen LogP contribution in [0.15, 0.2) is 0 Å². The number of esters is 1. The van der Waals surface area contributed by atoms with Crippen molar-refractivity contribution < 1.29 is 14.3 Å². The largest absolute Gasteiger partial charge is 0.469 e. The van der Waals surface area contributed by atoms with E-state index in [1.54, 1.807) is 0 Å². The summed E-state index contributed by atoms with van der Waals surface area (Å²) in [5, 5.41) is 0. The Bertz CT molecular complexity index is 290. The third kappa shape index (κ3) is 5.43. The molecule has 2 rings (SSSR count). The lowest BCUT2D eigenvalue weighted by Gasteiger charge is -2.09. The standard InChI is InChI=1S/C17H30O3/c1-19-16(18)11-9-7-5-3-2-4-6-8-10-14-12-13-15-17(14)20-15/h14-15,17H,2-13H2,1H3/t14-,15+,17+/m0/s1. The third-order valence-corrected chi connectivity index (χ3v) is 4.84. The predicted molar refractivity (Wildman–Crippen MR) is 79.6 cm³/mol. The van der Waals surface area contributed by atoms with Crippen molar-refractivity contribution in [1.29, 1.82) is 0 Å². The van der Waals surface area contributed by atoms with E-state index in [-0.39, 0.29) is 5.97 Å². The summed E-state index contributed by atoms with van der Waals surface area (Å²) in [5.74, 6) is 0.817. The Balaban J connectivity index is 1.29. The molecule has 2 aliphatic rings. The number of methoxy groups -OCH3 is 1. The van der Waals surface area contributed by atoms with Gasteiger partial charge in [0.25, 0.3) is 0 Å². The molecular weight excluding hydrogens is 252 g/mol. The lowest BCUT2D eigenvalue weighted by atomic mass is 9.98. The molecule has 0 radical (unpaired) electrons. The summed E-state index contributed by atoms with van der Waals surface area (Å²) in [6.45, 7) is 0. The van der Waals surface area contributed by atoms with Crippen molar-refractivity contribution >= 4 is 5.97 Å². The van der Waals surface area contributed by atoms with Crippen LogP contribution in [-0.2, 0) is 14.3 Å². The number of carbonyl (C=O) groups excluding carboxylic acids is 1. The highest BCUT2D eigenvalue weighted by molar-refractivity contribution is 5.68. The quantitative estimate of drug-likeness (QED) is 0.323. The number of ether oxygens (including phenoxy) is 2. The first-order valence-corrected chi connectivity index (χ1v) is 8.53. The average molecular weight is 282 g/mol. The van der Waals surface area contributed by atoms with Crippen molar-refractivity contribution in [2.24, 2.45) is 5.92 Å². The zero-order chi connectivity index (χ0) is 14.2. The lowest BCUT2D eigenvalue weighted by Crippen LogP contribution is -2.03. The van der Waals surface area contributed by atoms with Crippen LogP contribution in [0.4, 0.5) is 0 Å². The van der Waals surface area contributed by atoms with Gasteiger partial charge in [-0.3, -0.25) is 4.79 Å². The molecule has 0 aromatic heterocycles. The van der Waals surface area contributed by atoms with Crippen LogP contribution in [0.1, 0.15) is 77.0 Å². The first-order valence-electron chi connectivity index (χ1n) is 8.53. The molecule has 1 saturated heterocycles. The highest BCUT2D eigenvalue weighted by Gasteiger charge is 2.49. The molecule has 3 atom stereocenters. The van der Waals surface area contributed by atoms with Crippen molar-refractivity contribution in [3.63, 3.8) is 0 Å². The van der Waals surface area contributed by atoms with E-state index >= 15 is 0 Å². The van der Waals surface area contributed by atoms with E-state index < -0.39 is 0 Å². The fraction of sp³-hybridized carbons (Fsp3) is 0.941. The molecule has 0 spiro atoms. The molecule has 1 aliphatic heterocycles. The number of unbranched alkanes of at least 4 members (excludes halogenated alkanes) is 7. The third-order valence-electron chi connectivity index (χ3n) is 4.84. The molecular formula is C17H30O3. The Morgan fingerprint density at radius 2 is 1.65 bits per heavy atom. The molecule has 3 heteroatoms. The lowest BCUT2D eigenvalue weighted by molar-refractivity contribution is -0.140. The van der Waals surface area contributed by atoms with Crippen LogP contribution >= 0.6 is 0 Å². The van der Waals surface area contributed by atoms with Gasteiger partial charge < -0.3 is 9.47 Å². The molecule has 0 unspecified atom stereocenters. The van der Waals surface area contributed by atoms with Crippen LogP contribution in [0.3, 0.4) is 0 Å². The molecule has 1 saturated carbocycles. The maximum atomic E-state index is 10.9. The SMILES string of the molecule is COC(=O)CCCCCCCCCC[C@H]1CC[C@H]2O[C@H]12. The van der Waals surface area contributed by atoms with E-state index in [2.05, 4.69) is 4.74 Å². The van der Waals surface area contributed by atoms with Crippen molar-refractivity contribution in [3.05, 3.63) is 0 Å². The highest BCUT2D eigenvalue weighted by Crippen LogP contribution is 2.45. The van der Waals surface area contributed by atoms with Crippen LogP contribution in [0.5, 0.6) is 0 Å². The van der Waals surface area contributed by atoms with Gasteiger partial charge >= 0.3 is 5.97 Å². The molecule has 1 heterocycles. The van der Waals surface area contributed by atoms with Gasteiger partial charge in [0, 0.05) is 6.42 Å². The minimum Gasteiger partial charge on any atom is -0.469 e. The van der Waals surface area contributed by atoms with Gasteiger partial charge in [-0.1, -0.05) is 44.9 Å². The summed E-state index contributed by atoms with van der Waals surface area (Å²) in [6.07, 6.45) is 16.2. The van der Waals surface area contributed by atoms with Crippen molar-refractivity contribution in [3.8, 4) is 0 Å². The molecule has 116 valence electrons. The topological polar surface area (TPSA) is 38.8 Å². The molecule has 2 fully saturated rings. The first-order chi connectivity index (χ1) is 9.81. The Morgan fingerprint density at radius 3 is 2.20 bits per heavy atom. The van der Waals surface area contributed by atoms with Gasteiger partial charge in [0.2, 0.25) is 0 Å². The summed E-state index contributed by atoms with van der Waals surface area (Å²) < 4.78 is 10.2. The number of carbonyl (C=O) groups is 1. The van der Waals surface area contributed by atoms with Gasteiger partial charge in [-0.15, -0.1) is 0 Å². The van der Waals surface area contributed by atoms with Gasteiger partial charge in [0.1, 0.15) is 0 Å². The van der Waals surface area contributed by atoms with Crippen molar-refractivity contribution in [2.45, 2.75) is 89.3 Å². The smallest absolute Gasteiger partial charge is 0.305 e. The van der Waals surface area contributed by atoms with Gasteiger partial charge in [0.05, 0.1) is 19.3 Å². The van der Waals surface area contributed by atoms with E-state index in [1.165, 1.54) is 64.9 Å².